The zero-order chi connectivity index (χ0) is 25.4. The lowest BCUT2D eigenvalue weighted by atomic mass is 9.94. The van der Waals surface area contributed by atoms with Crippen LogP contribution in [0.5, 0.6) is 0 Å². The Morgan fingerprint density at radius 1 is 1.17 bits per heavy atom. The monoisotopic (exact) mass is 510 g/mol. The van der Waals surface area contributed by atoms with Gasteiger partial charge < -0.3 is 20.5 Å². The van der Waals surface area contributed by atoms with Crippen LogP contribution in [0.4, 0.5) is 5.82 Å². The number of H-pyrrole nitrogens is 1. The molecule has 0 bridgehead atoms. The summed E-state index contributed by atoms with van der Waals surface area (Å²) < 4.78 is 25.4. The molecule has 4 heterocycles. The number of amides is 1. The Morgan fingerprint density at radius 3 is 2.69 bits per heavy atom. The van der Waals surface area contributed by atoms with E-state index in [1.54, 1.807) is 6.07 Å². The number of fused-ring (bicyclic) bond motifs is 2. The minimum Gasteiger partial charge on any atom is -0.362 e. The average molecular weight is 511 g/mol. The van der Waals surface area contributed by atoms with Crippen molar-refractivity contribution in [3.63, 3.8) is 0 Å². The first-order chi connectivity index (χ1) is 17.2. The molecule has 2 aromatic heterocycles. The number of nitrogens with zero attached hydrogens (tertiary/aromatic N) is 3. The molecule has 1 atom stereocenters. The fraction of sp³-hybridized carbons (Fsp3) is 0.500. The van der Waals surface area contributed by atoms with Gasteiger partial charge in [-0.3, -0.25) is 4.79 Å². The van der Waals surface area contributed by atoms with Crippen molar-refractivity contribution in [2.24, 2.45) is 5.92 Å². The lowest BCUT2D eigenvalue weighted by Gasteiger charge is -2.29. The van der Waals surface area contributed by atoms with E-state index >= 15 is 0 Å². The summed E-state index contributed by atoms with van der Waals surface area (Å²) in [7, 11) is -1.16. The average Bonchev–Trinajstić information content (AvgIpc) is 3.29. The first-order valence-corrected chi connectivity index (χ1v) is 14.3. The van der Waals surface area contributed by atoms with Crippen LogP contribution in [0.3, 0.4) is 0 Å². The molecule has 1 fully saturated rings. The van der Waals surface area contributed by atoms with E-state index in [9.17, 15) is 13.2 Å². The third-order valence-corrected chi connectivity index (χ3v) is 9.20. The smallest absolute Gasteiger partial charge is 0.267 e. The molecule has 3 aromatic rings. The number of piperidine rings is 1. The summed E-state index contributed by atoms with van der Waals surface area (Å²) in [4.78, 5) is 27.6. The van der Waals surface area contributed by atoms with Gasteiger partial charge in [0.1, 0.15) is 23.5 Å². The van der Waals surface area contributed by atoms with Crippen LogP contribution in [-0.2, 0) is 16.3 Å². The van der Waals surface area contributed by atoms with Crippen molar-refractivity contribution in [1.29, 1.82) is 0 Å². The molecular weight excluding hydrogens is 476 g/mol. The summed E-state index contributed by atoms with van der Waals surface area (Å²) in [5.41, 5.74) is 2.82. The number of likely N-dealkylation sites (tertiary alicyclic amines) is 1. The van der Waals surface area contributed by atoms with E-state index in [0.717, 1.165) is 48.9 Å². The number of carbonyl (C=O) groups excluding carboxylic acids is 1. The molecule has 192 valence electrons. The molecule has 10 heteroatoms. The Bertz CT molecular complexity index is 1380. The van der Waals surface area contributed by atoms with Crippen molar-refractivity contribution < 1.29 is 13.2 Å². The molecule has 36 heavy (non-hydrogen) atoms. The van der Waals surface area contributed by atoms with E-state index in [1.807, 2.05) is 18.2 Å². The van der Waals surface area contributed by atoms with Gasteiger partial charge >= 0.3 is 0 Å². The fourth-order valence-corrected chi connectivity index (χ4v) is 6.83. The van der Waals surface area contributed by atoms with Crippen LogP contribution >= 0.6 is 0 Å². The number of aromatic nitrogens is 3. The Labute approximate surface area is 212 Å². The quantitative estimate of drug-likeness (QED) is 0.465. The number of rotatable bonds is 6. The van der Waals surface area contributed by atoms with Gasteiger partial charge in [0.05, 0.1) is 22.1 Å². The van der Waals surface area contributed by atoms with Gasteiger partial charge in [-0.15, -0.1) is 0 Å². The van der Waals surface area contributed by atoms with Crippen molar-refractivity contribution >= 4 is 32.6 Å². The Morgan fingerprint density at radius 2 is 1.94 bits per heavy atom. The third-order valence-electron chi connectivity index (χ3n) is 7.33. The number of hydrogen-bond acceptors (Lipinski definition) is 7. The summed E-state index contributed by atoms with van der Waals surface area (Å²) in [6.45, 7) is 6.11. The largest absolute Gasteiger partial charge is 0.362 e. The number of sulfone groups is 1. The minimum absolute atomic E-state index is 0.145. The second-order valence-electron chi connectivity index (χ2n) is 10.4. The minimum atomic E-state index is -3.26. The van der Waals surface area contributed by atoms with Crippen LogP contribution in [0.25, 0.3) is 11.0 Å². The molecule has 0 aliphatic carbocycles. The predicted molar refractivity (Wildman–Crippen MR) is 140 cm³/mol. The number of aryl methyl sites for hydroxylation is 1. The van der Waals surface area contributed by atoms with Gasteiger partial charge in [-0.2, -0.15) is 0 Å². The number of aromatic amines is 1. The summed E-state index contributed by atoms with van der Waals surface area (Å²) in [6, 6.07) is 7.54. The van der Waals surface area contributed by atoms with Crippen molar-refractivity contribution in [3.05, 3.63) is 47.4 Å². The molecular formula is C26H34N6O3S. The van der Waals surface area contributed by atoms with Gasteiger partial charge in [-0.25, -0.2) is 18.4 Å². The maximum Gasteiger partial charge on any atom is 0.267 e. The van der Waals surface area contributed by atoms with Gasteiger partial charge in [-0.1, -0.05) is 26.0 Å². The molecule has 1 amide bonds. The van der Waals surface area contributed by atoms with Crippen LogP contribution in [0, 0.1) is 5.92 Å². The Hall–Kier alpha value is -2.98. The highest BCUT2D eigenvalue weighted by Crippen LogP contribution is 2.33. The third kappa shape index (κ3) is 4.97. The van der Waals surface area contributed by atoms with Crippen molar-refractivity contribution in [1.82, 2.24) is 25.2 Å². The zero-order valence-corrected chi connectivity index (χ0v) is 21.9. The highest BCUT2D eigenvalue weighted by molar-refractivity contribution is 7.91. The first kappa shape index (κ1) is 24.7. The van der Waals surface area contributed by atoms with E-state index in [2.05, 4.69) is 51.4 Å². The second kappa shape index (κ2) is 9.82. The van der Waals surface area contributed by atoms with Crippen LogP contribution in [0.15, 0.2) is 35.5 Å². The van der Waals surface area contributed by atoms with E-state index in [0.29, 0.717) is 28.5 Å². The molecule has 1 saturated heterocycles. The molecule has 2 aliphatic heterocycles. The molecule has 0 saturated carbocycles. The number of anilines is 1. The van der Waals surface area contributed by atoms with E-state index < -0.39 is 9.84 Å². The van der Waals surface area contributed by atoms with Gasteiger partial charge in [0.25, 0.3) is 5.91 Å². The highest BCUT2D eigenvalue weighted by atomic mass is 32.2. The van der Waals surface area contributed by atoms with Crippen LogP contribution in [0.2, 0.25) is 0 Å². The fourth-order valence-electron chi connectivity index (χ4n) is 5.20. The summed E-state index contributed by atoms with van der Waals surface area (Å²) >= 11 is 0. The number of benzene rings is 1. The van der Waals surface area contributed by atoms with Crippen molar-refractivity contribution in [2.45, 2.75) is 56.5 Å². The SMILES string of the molecule is CC(C)[C@@H](Nc1ncnc2[nH]c(C(=O)NC3CCN(C)CC3)cc12)c1ccc2c(c1)S(=O)(=O)CCC2. The molecule has 3 N–H and O–H groups in total. The maximum absolute atomic E-state index is 12.9. The van der Waals surface area contributed by atoms with Gasteiger partial charge in [0.2, 0.25) is 0 Å². The summed E-state index contributed by atoms with van der Waals surface area (Å²) in [5.74, 6) is 0.815. The summed E-state index contributed by atoms with van der Waals surface area (Å²) in [5, 5.41) is 7.37. The molecule has 5 rings (SSSR count). The van der Waals surface area contributed by atoms with Crippen LogP contribution < -0.4 is 10.6 Å². The van der Waals surface area contributed by atoms with Crippen LogP contribution in [0.1, 0.15) is 60.8 Å². The molecule has 0 radical (unpaired) electrons. The number of nitrogens with one attached hydrogen (secondary N) is 3. The van der Waals surface area contributed by atoms with E-state index in [-0.39, 0.29) is 29.7 Å². The molecule has 0 spiro atoms. The molecule has 9 nitrogen and oxygen atoms in total. The predicted octanol–water partition coefficient (Wildman–Crippen LogP) is 3.31. The van der Waals surface area contributed by atoms with E-state index in [1.165, 1.54) is 6.33 Å². The molecule has 0 unspecified atom stereocenters. The topological polar surface area (TPSA) is 120 Å². The second-order valence-corrected chi connectivity index (χ2v) is 12.5. The van der Waals surface area contributed by atoms with Gasteiger partial charge in [0.15, 0.2) is 9.84 Å². The highest BCUT2D eigenvalue weighted by Gasteiger charge is 2.27. The Balaban J connectivity index is 1.41. The summed E-state index contributed by atoms with van der Waals surface area (Å²) in [6.07, 6.45) is 4.78. The van der Waals surface area contributed by atoms with Crippen molar-refractivity contribution in [3.8, 4) is 0 Å². The van der Waals surface area contributed by atoms with Gasteiger partial charge in [-0.05, 0) is 75.0 Å². The lowest BCUT2D eigenvalue weighted by molar-refractivity contribution is 0.0912. The molecule has 1 aromatic carbocycles. The molecule has 2 aliphatic rings. The Kier molecular flexibility index (Phi) is 6.74. The zero-order valence-electron chi connectivity index (χ0n) is 21.0. The van der Waals surface area contributed by atoms with Crippen molar-refractivity contribution in [2.75, 3.05) is 31.2 Å². The maximum atomic E-state index is 12.9. The first-order valence-electron chi connectivity index (χ1n) is 12.7. The normalized spacial score (nSPS) is 19.2. The number of carbonyl (C=O) groups is 1. The number of hydrogen-bond donors (Lipinski definition) is 3. The van der Waals surface area contributed by atoms with Gasteiger partial charge in [0, 0.05) is 6.04 Å². The van der Waals surface area contributed by atoms with E-state index in [4.69, 9.17) is 0 Å². The van der Waals surface area contributed by atoms with Crippen LogP contribution in [-0.4, -0.2) is 66.1 Å². The standard InChI is InChI=1S/C26H34N6O3S/c1-16(2)23(18-7-6-17-5-4-12-36(34,35)22(17)13-18)31-25-20-14-21(30-24(20)27-15-28-25)26(33)29-19-8-10-32(3)11-9-19/h6-7,13-16,19,23H,4-5,8-12H2,1-3H3,(H,29,33)(H2,27,28,30,31)/t23-/m1/s1. The lowest BCUT2D eigenvalue weighted by Crippen LogP contribution is -2.43.